The molecule has 0 saturated heterocycles. The summed E-state index contributed by atoms with van der Waals surface area (Å²) in [6.45, 7) is 3.02. The highest BCUT2D eigenvalue weighted by atomic mass is 16.5. The molecule has 0 aliphatic heterocycles. The molecule has 2 N–H and O–H groups in total. The second-order valence-electron chi connectivity index (χ2n) is 5.76. The molecule has 0 saturated carbocycles. The van der Waals surface area contributed by atoms with Crippen molar-refractivity contribution in [3.8, 4) is 17.2 Å². The molecular weight excluding hydrogens is 286 g/mol. The van der Waals surface area contributed by atoms with E-state index in [0.29, 0.717) is 0 Å². The van der Waals surface area contributed by atoms with Gasteiger partial charge >= 0.3 is 0 Å². The lowest BCUT2D eigenvalue weighted by molar-refractivity contribution is 0.304. The second-order valence-corrected chi connectivity index (χ2v) is 5.76. The van der Waals surface area contributed by atoms with Gasteiger partial charge in [-0.1, -0.05) is 39.0 Å². The Morgan fingerprint density at radius 1 is 0.696 bits per heavy atom. The van der Waals surface area contributed by atoms with E-state index in [2.05, 4.69) is 6.92 Å². The summed E-state index contributed by atoms with van der Waals surface area (Å²) in [5.74, 6) is 2.46. The van der Waals surface area contributed by atoms with E-state index in [0.717, 1.165) is 36.0 Å². The van der Waals surface area contributed by atoms with Gasteiger partial charge in [0.25, 0.3) is 0 Å². The third kappa shape index (κ3) is 6.64. The summed E-state index contributed by atoms with van der Waals surface area (Å²) in [7, 11) is 0. The number of nitrogens with two attached hydrogens (primary N) is 1. The van der Waals surface area contributed by atoms with Crippen LogP contribution in [0.15, 0.2) is 48.5 Å². The van der Waals surface area contributed by atoms with Crippen LogP contribution in [0.3, 0.4) is 0 Å². The van der Waals surface area contributed by atoms with E-state index in [4.69, 9.17) is 15.2 Å². The third-order valence-electron chi connectivity index (χ3n) is 3.71. The third-order valence-corrected chi connectivity index (χ3v) is 3.71. The molecule has 0 unspecified atom stereocenters. The molecular formula is C20H27NO2. The van der Waals surface area contributed by atoms with Crippen LogP contribution in [-0.4, -0.2) is 6.61 Å². The maximum atomic E-state index is 5.76. The summed E-state index contributed by atoms with van der Waals surface area (Å²) in [5, 5.41) is 0. The molecule has 0 aliphatic carbocycles. The van der Waals surface area contributed by atoms with Crippen molar-refractivity contribution in [2.75, 3.05) is 12.3 Å². The highest BCUT2D eigenvalue weighted by Crippen LogP contribution is 2.24. The first-order valence-electron chi connectivity index (χ1n) is 8.54. The maximum absolute atomic E-state index is 5.76. The standard InChI is InChI=1S/C20H27NO2/c1-2-3-4-5-6-7-16-22-18-12-14-20(15-13-18)23-19-10-8-17(21)9-11-19/h8-15H,2-7,16,21H2,1H3. The van der Waals surface area contributed by atoms with Gasteiger partial charge in [0.2, 0.25) is 0 Å². The first kappa shape index (κ1) is 17.2. The van der Waals surface area contributed by atoms with Crippen molar-refractivity contribution in [2.24, 2.45) is 0 Å². The van der Waals surface area contributed by atoms with Crippen molar-refractivity contribution in [2.45, 2.75) is 45.4 Å². The normalized spacial score (nSPS) is 10.5. The molecule has 2 aromatic rings. The Bertz CT molecular complexity index is 549. The Kier molecular flexibility index (Phi) is 7.31. The lowest BCUT2D eigenvalue weighted by atomic mass is 10.1. The topological polar surface area (TPSA) is 44.5 Å². The first-order chi connectivity index (χ1) is 11.3. The molecule has 3 heteroatoms. The van der Waals surface area contributed by atoms with Crippen molar-refractivity contribution in [3.05, 3.63) is 48.5 Å². The Morgan fingerprint density at radius 2 is 1.22 bits per heavy atom. The molecule has 0 aliphatic rings. The molecule has 0 amide bonds. The molecule has 0 fully saturated rings. The number of unbranched alkanes of at least 4 members (excludes halogenated alkanes) is 5. The molecule has 0 atom stereocenters. The highest BCUT2D eigenvalue weighted by molar-refractivity contribution is 5.43. The summed E-state index contributed by atoms with van der Waals surface area (Å²) in [6, 6.07) is 15.1. The minimum absolute atomic E-state index is 0.732. The molecule has 0 bridgehead atoms. The van der Waals surface area contributed by atoms with Gasteiger partial charge in [-0.3, -0.25) is 0 Å². The largest absolute Gasteiger partial charge is 0.494 e. The van der Waals surface area contributed by atoms with Gasteiger partial charge in [-0.05, 0) is 55.0 Å². The molecule has 0 heterocycles. The summed E-state index contributed by atoms with van der Waals surface area (Å²) in [4.78, 5) is 0. The number of hydrogen-bond acceptors (Lipinski definition) is 3. The van der Waals surface area contributed by atoms with Crippen LogP contribution in [0.2, 0.25) is 0 Å². The van der Waals surface area contributed by atoms with Crippen LogP contribution < -0.4 is 15.2 Å². The Morgan fingerprint density at radius 3 is 1.87 bits per heavy atom. The van der Waals surface area contributed by atoms with E-state index in [1.807, 2.05) is 48.5 Å². The van der Waals surface area contributed by atoms with Crippen LogP contribution in [0.5, 0.6) is 17.2 Å². The summed E-state index contributed by atoms with van der Waals surface area (Å²) >= 11 is 0. The monoisotopic (exact) mass is 313 g/mol. The average molecular weight is 313 g/mol. The minimum Gasteiger partial charge on any atom is -0.494 e. The number of ether oxygens (including phenoxy) is 2. The SMILES string of the molecule is CCCCCCCCOc1ccc(Oc2ccc(N)cc2)cc1. The zero-order valence-electron chi connectivity index (χ0n) is 14.0. The summed E-state index contributed by atoms with van der Waals surface area (Å²) in [5.41, 5.74) is 6.39. The minimum atomic E-state index is 0.732. The van der Waals surface area contributed by atoms with Crippen LogP contribution in [-0.2, 0) is 0 Å². The van der Waals surface area contributed by atoms with Gasteiger partial charge in [-0.25, -0.2) is 0 Å². The Balaban J connectivity index is 1.69. The van der Waals surface area contributed by atoms with Crippen molar-refractivity contribution in [1.82, 2.24) is 0 Å². The zero-order chi connectivity index (χ0) is 16.3. The van der Waals surface area contributed by atoms with Gasteiger partial charge in [-0.2, -0.15) is 0 Å². The second kappa shape index (κ2) is 9.78. The van der Waals surface area contributed by atoms with E-state index in [1.54, 1.807) is 0 Å². The van der Waals surface area contributed by atoms with Crippen LogP contribution in [0.25, 0.3) is 0 Å². The van der Waals surface area contributed by atoms with Gasteiger partial charge in [0.1, 0.15) is 17.2 Å². The van der Waals surface area contributed by atoms with Crippen LogP contribution in [0.1, 0.15) is 45.4 Å². The van der Waals surface area contributed by atoms with Crippen molar-refractivity contribution >= 4 is 5.69 Å². The number of nitrogen functional groups attached to an aromatic ring is 1. The van der Waals surface area contributed by atoms with Crippen molar-refractivity contribution in [1.29, 1.82) is 0 Å². The fraction of sp³-hybridized carbons (Fsp3) is 0.400. The van der Waals surface area contributed by atoms with Crippen LogP contribution >= 0.6 is 0 Å². The molecule has 0 spiro atoms. The molecule has 124 valence electrons. The van der Waals surface area contributed by atoms with E-state index in [-0.39, 0.29) is 0 Å². The van der Waals surface area contributed by atoms with Crippen molar-refractivity contribution < 1.29 is 9.47 Å². The maximum Gasteiger partial charge on any atom is 0.127 e. The highest BCUT2D eigenvalue weighted by Gasteiger charge is 1.99. The number of rotatable bonds is 10. The van der Waals surface area contributed by atoms with Crippen LogP contribution in [0, 0.1) is 0 Å². The van der Waals surface area contributed by atoms with Gasteiger partial charge < -0.3 is 15.2 Å². The fourth-order valence-corrected chi connectivity index (χ4v) is 2.35. The molecule has 23 heavy (non-hydrogen) atoms. The van der Waals surface area contributed by atoms with Gasteiger partial charge in [0.05, 0.1) is 6.61 Å². The smallest absolute Gasteiger partial charge is 0.127 e. The lowest BCUT2D eigenvalue weighted by Crippen LogP contribution is -1.97. The van der Waals surface area contributed by atoms with Crippen molar-refractivity contribution in [3.63, 3.8) is 0 Å². The predicted molar refractivity (Wildman–Crippen MR) is 96.2 cm³/mol. The Hall–Kier alpha value is -2.16. The molecule has 0 aromatic heterocycles. The summed E-state index contributed by atoms with van der Waals surface area (Å²) < 4.78 is 11.5. The van der Waals surface area contributed by atoms with E-state index >= 15 is 0 Å². The number of benzene rings is 2. The van der Waals surface area contributed by atoms with Crippen LogP contribution in [0.4, 0.5) is 5.69 Å². The lowest BCUT2D eigenvalue weighted by Gasteiger charge is -2.09. The predicted octanol–water partition coefficient (Wildman–Crippen LogP) is 5.80. The van der Waals surface area contributed by atoms with E-state index in [9.17, 15) is 0 Å². The number of anilines is 1. The van der Waals surface area contributed by atoms with E-state index < -0.39 is 0 Å². The first-order valence-corrected chi connectivity index (χ1v) is 8.54. The number of hydrogen-bond donors (Lipinski definition) is 1. The van der Waals surface area contributed by atoms with Gasteiger partial charge in [-0.15, -0.1) is 0 Å². The average Bonchev–Trinajstić information content (AvgIpc) is 2.58. The Labute approximate surface area is 139 Å². The van der Waals surface area contributed by atoms with E-state index in [1.165, 1.54) is 32.1 Å². The van der Waals surface area contributed by atoms with Gasteiger partial charge in [0, 0.05) is 5.69 Å². The molecule has 0 radical (unpaired) electrons. The molecule has 2 aromatic carbocycles. The quantitative estimate of drug-likeness (QED) is 0.445. The van der Waals surface area contributed by atoms with Gasteiger partial charge in [0.15, 0.2) is 0 Å². The summed E-state index contributed by atoms with van der Waals surface area (Å²) in [6.07, 6.45) is 7.66. The molecule has 3 nitrogen and oxygen atoms in total. The molecule has 2 rings (SSSR count). The fourth-order valence-electron chi connectivity index (χ4n) is 2.35. The zero-order valence-corrected chi connectivity index (χ0v) is 14.0.